The van der Waals surface area contributed by atoms with Gasteiger partial charge in [0.1, 0.15) is 17.6 Å². The Kier molecular flexibility index (Phi) is 4.37. The van der Waals surface area contributed by atoms with E-state index in [9.17, 15) is 9.18 Å². The molecule has 102 valence electrons. The van der Waals surface area contributed by atoms with Crippen LogP contribution in [0.3, 0.4) is 0 Å². The number of anilines is 1. The van der Waals surface area contributed by atoms with E-state index < -0.39 is 17.6 Å². The largest absolute Gasteiger partial charge is 0.392 e. The van der Waals surface area contributed by atoms with E-state index in [0.717, 1.165) is 6.20 Å². The van der Waals surface area contributed by atoms with Crippen LogP contribution in [0, 0.1) is 5.82 Å². The van der Waals surface area contributed by atoms with Gasteiger partial charge in [0, 0.05) is 0 Å². The van der Waals surface area contributed by atoms with Crippen LogP contribution >= 0.6 is 12.2 Å². The number of amides is 1. The molecule has 1 unspecified atom stereocenters. The van der Waals surface area contributed by atoms with Crippen LogP contribution in [0.4, 0.5) is 10.2 Å². The molecular formula is C14H12FN3OS. The maximum Gasteiger partial charge on any atom is 0.239 e. The molecule has 1 heterocycles. The summed E-state index contributed by atoms with van der Waals surface area (Å²) in [5.74, 6) is -1.38. The van der Waals surface area contributed by atoms with Gasteiger partial charge < -0.3 is 11.1 Å². The summed E-state index contributed by atoms with van der Waals surface area (Å²) in [6.45, 7) is 0. The number of halogens is 1. The van der Waals surface area contributed by atoms with E-state index in [4.69, 9.17) is 18.0 Å². The number of pyridine rings is 1. The molecule has 1 aromatic heterocycles. The molecule has 2 rings (SSSR count). The van der Waals surface area contributed by atoms with Crippen LogP contribution in [0.5, 0.6) is 0 Å². The zero-order valence-corrected chi connectivity index (χ0v) is 11.2. The Morgan fingerprint density at radius 1 is 1.25 bits per heavy atom. The van der Waals surface area contributed by atoms with E-state index in [0.29, 0.717) is 5.56 Å². The van der Waals surface area contributed by atoms with Gasteiger partial charge in [-0.25, -0.2) is 9.37 Å². The zero-order valence-electron chi connectivity index (χ0n) is 10.4. The third-order valence-electron chi connectivity index (χ3n) is 2.66. The molecule has 3 N–H and O–H groups in total. The Hall–Kier alpha value is -2.34. The number of carbonyl (C=O) groups is 1. The lowest BCUT2D eigenvalue weighted by molar-refractivity contribution is -0.116. The molecule has 0 aliphatic heterocycles. The molecule has 4 nitrogen and oxygen atoms in total. The first-order chi connectivity index (χ1) is 9.58. The lowest BCUT2D eigenvalue weighted by atomic mass is 9.98. The summed E-state index contributed by atoms with van der Waals surface area (Å²) in [4.78, 5) is 16.1. The second-order valence-electron chi connectivity index (χ2n) is 4.10. The molecular weight excluding hydrogens is 277 g/mol. The fraction of sp³-hybridized carbons (Fsp3) is 0.0714. The van der Waals surface area contributed by atoms with Crippen LogP contribution in [-0.2, 0) is 4.79 Å². The summed E-state index contributed by atoms with van der Waals surface area (Å²) < 4.78 is 12.8. The van der Waals surface area contributed by atoms with Gasteiger partial charge >= 0.3 is 0 Å². The summed E-state index contributed by atoms with van der Waals surface area (Å²) in [5.41, 5.74) is 6.33. The van der Waals surface area contributed by atoms with Gasteiger partial charge in [0.15, 0.2) is 0 Å². The third kappa shape index (κ3) is 3.36. The van der Waals surface area contributed by atoms with E-state index in [-0.39, 0.29) is 10.8 Å². The Bertz CT molecular complexity index is 616. The number of rotatable bonds is 4. The predicted molar refractivity (Wildman–Crippen MR) is 78.8 cm³/mol. The predicted octanol–water partition coefficient (Wildman–Crippen LogP) is 2.23. The molecule has 0 radical (unpaired) electrons. The summed E-state index contributed by atoms with van der Waals surface area (Å²) in [5, 5.41) is 2.56. The summed E-state index contributed by atoms with van der Waals surface area (Å²) in [6.07, 6.45) is 1.02. The minimum absolute atomic E-state index is 0.0656. The van der Waals surface area contributed by atoms with Crippen LogP contribution in [0.25, 0.3) is 0 Å². The average Bonchev–Trinajstić information content (AvgIpc) is 2.42. The fourth-order valence-corrected chi connectivity index (χ4v) is 1.98. The summed E-state index contributed by atoms with van der Waals surface area (Å²) in [6, 6.07) is 11.5. The van der Waals surface area contributed by atoms with Gasteiger partial charge in [-0.1, -0.05) is 42.5 Å². The molecule has 0 bridgehead atoms. The average molecular weight is 289 g/mol. The molecule has 0 saturated carbocycles. The first kappa shape index (κ1) is 14.1. The van der Waals surface area contributed by atoms with Gasteiger partial charge in [-0.3, -0.25) is 4.79 Å². The van der Waals surface area contributed by atoms with Gasteiger partial charge in [-0.15, -0.1) is 0 Å². The number of carbonyl (C=O) groups excluding carboxylic acids is 1. The number of aromatic nitrogens is 1. The lowest BCUT2D eigenvalue weighted by Crippen LogP contribution is -2.31. The zero-order chi connectivity index (χ0) is 14.5. The van der Waals surface area contributed by atoms with Crippen LogP contribution in [0.15, 0.2) is 48.7 Å². The van der Waals surface area contributed by atoms with Crippen molar-refractivity contribution in [2.75, 3.05) is 5.32 Å². The highest BCUT2D eigenvalue weighted by Gasteiger charge is 2.23. The number of nitrogens with zero attached hydrogens (tertiary/aromatic N) is 1. The van der Waals surface area contributed by atoms with Crippen molar-refractivity contribution < 1.29 is 9.18 Å². The maximum absolute atomic E-state index is 12.8. The lowest BCUT2D eigenvalue weighted by Gasteiger charge is -2.15. The number of hydrogen-bond acceptors (Lipinski definition) is 3. The van der Waals surface area contributed by atoms with E-state index >= 15 is 0 Å². The number of thiocarbonyl (C=S) groups is 1. The van der Waals surface area contributed by atoms with Gasteiger partial charge in [-0.2, -0.15) is 0 Å². The molecule has 1 atom stereocenters. The van der Waals surface area contributed by atoms with Gasteiger partial charge in [-0.05, 0) is 17.7 Å². The van der Waals surface area contributed by atoms with Crippen LogP contribution in [0.2, 0.25) is 0 Å². The Morgan fingerprint density at radius 2 is 1.95 bits per heavy atom. The Balaban J connectivity index is 2.20. The fourth-order valence-electron chi connectivity index (χ4n) is 1.74. The van der Waals surface area contributed by atoms with Crippen molar-refractivity contribution in [1.82, 2.24) is 4.98 Å². The highest BCUT2D eigenvalue weighted by atomic mass is 32.1. The van der Waals surface area contributed by atoms with Crippen molar-refractivity contribution in [3.63, 3.8) is 0 Å². The second kappa shape index (κ2) is 6.21. The summed E-state index contributed by atoms with van der Waals surface area (Å²) in [7, 11) is 0. The molecule has 1 aromatic carbocycles. The van der Waals surface area contributed by atoms with Crippen LogP contribution in [-0.4, -0.2) is 15.9 Å². The molecule has 0 saturated heterocycles. The maximum atomic E-state index is 12.8. The molecule has 1 amide bonds. The van der Waals surface area contributed by atoms with Crippen molar-refractivity contribution in [3.05, 3.63) is 60.0 Å². The van der Waals surface area contributed by atoms with Gasteiger partial charge in [0.05, 0.1) is 11.2 Å². The van der Waals surface area contributed by atoms with Crippen molar-refractivity contribution in [2.24, 2.45) is 5.73 Å². The van der Waals surface area contributed by atoms with Crippen LogP contribution in [0.1, 0.15) is 11.5 Å². The number of hydrogen-bond donors (Lipinski definition) is 2. The quantitative estimate of drug-likeness (QED) is 0.847. The smallest absolute Gasteiger partial charge is 0.239 e. The topological polar surface area (TPSA) is 68.0 Å². The summed E-state index contributed by atoms with van der Waals surface area (Å²) >= 11 is 4.95. The van der Waals surface area contributed by atoms with E-state index in [2.05, 4.69) is 10.3 Å². The van der Waals surface area contributed by atoms with Crippen LogP contribution < -0.4 is 11.1 Å². The molecule has 0 aliphatic carbocycles. The first-order valence-electron chi connectivity index (χ1n) is 5.84. The molecule has 0 fully saturated rings. The monoisotopic (exact) mass is 289 g/mol. The third-order valence-corrected chi connectivity index (χ3v) is 2.89. The number of benzene rings is 1. The molecule has 0 spiro atoms. The SMILES string of the molecule is NC(=S)C(C(=O)Nc1ccc(F)cn1)c1ccccc1. The first-order valence-corrected chi connectivity index (χ1v) is 6.25. The standard InChI is InChI=1S/C14H12FN3OS/c15-10-6-7-11(17-8-10)18-14(19)12(13(16)20)9-4-2-1-3-5-9/h1-8,12H,(H2,16,20)(H,17,18,19). The number of nitrogens with two attached hydrogens (primary N) is 1. The van der Waals surface area contributed by atoms with Crippen molar-refractivity contribution >= 4 is 28.9 Å². The van der Waals surface area contributed by atoms with Gasteiger partial charge in [0.2, 0.25) is 5.91 Å². The molecule has 2 aromatic rings. The number of nitrogens with one attached hydrogen (secondary N) is 1. The normalized spacial score (nSPS) is 11.7. The second-order valence-corrected chi connectivity index (χ2v) is 4.57. The Labute approximate surface area is 120 Å². The van der Waals surface area contributed by atoms with E-state index in [1.165, 1.54) is 12.1 Å². The van der Waals surface area contributed by atoms with Crippen molar-refractivity contribution in [2.45, 2.75) is 5.92 Å². The van der Waals surface area contributed by atoms with E-state index in [1.807, 2.05) is 6.07 Å². The highest BCUT2D eigenvalue weighted by Crippen LogP contribution is 2.18. The molecule has 0 aliphatic rings. The Morgan fingerprint density at radius 3 is 2.50 bits per heavy atom. The molecule has 20 heavy (non-hydrogen) atoms. The van der Waals surface area contributed by atoms with Crippen molar-refractivity contribution in [3.8, 4) is 0 Å². The minimum Gasteiger partial charge on any atom is -0.392 e. The minimum atomic E-state index is -0.752. The highest BCUT2D eigenvalue weighted by molar-refractivity contribution is 7.80. The molecule has 6 heteroatoms. The van der Waals surface area contributed by atoms with Gasteiger partial charge in [0.25, 0.3) is 0 Å². The van der Waals surface area contributed by atoms with E-state index in [1.54, 1.807) is 24.3 Å². The van der Waals surface area contributed by atoms with Crippen molar-refractivity contribution in [1.29, 1.82) is 0 Å².